The third-order valence-corrected chi connectivity index (χ3v) is 3.00. The smallest absolute Gasteiger partial charge is 0.320 e. The van der Waals surface area contributed by atoms with Crippen molar-refractivity contribution < 1.29 is 10.0 Å². The predicted molar refractivity (Wildman–Crippen MR) is 70.6 cm³/mol. The largest absolute Gasteiger partial charge is 0.409 e. The Kier molecular flexibility index (Phi) is 5.74. The van der Waals surface area contributed by atoms with E-state index < -0.39 is 0 Å². The summed E-state index contributed by atoms with van der Waals surface area (Å²) >= 11 is 0. The van der Waals surface area contributed by atoms with E-state index in [9.17, 15) is 4.79 Å². The maximum atomic E-state index is 12.3. The van der Waals surface area contributed by atoms with Crippen LogP contribution in [-0.2, 0) is 0 Å². The molecule has 2 amide bonds. The topological polar surface area (TPSA) is 82.2 Å². The molecular weight excluding hydrogens is 232 g/mol. The zero-order chi connectivity index (χ0) is 13.5. The molecule has 0 radical (unpaired) electrons. The number of hydrogen-bond acceptors (Lipinski definition) is 3. The molecule has 0 aliphatic carbocycles. The summed E-state index contributed by atoms with van der Waals surface area (Å²) in [5.74, 6) is 0.571. The highest BCUT2D eigenvalue weighted by Gasteiger charge is 2.24. The summed E-state index contributed by atoms with van der Waals surface area (Å²) in [6, 6.07) is 0.0759. The van der Waals surface area contributed by atoms with E-state index in [-0.39, 0.29) is 11.9 Å². The van der Waals surface area contributed by atoms with Crippen molar-refractivity contribution in [2.45, 2.75) is 33.1 Å². The van der Waals surface area contributed by atoms with Crippen molar-refractivity contribution in [2.75, 3.05) is 26.2 Å². The van der Waals surface area contributed by atoms with E-state index in [0.717, 1.165) is 25.9 Å². The van der Waals surface area contributed by atoms with Crippen molar-refractivity contribution in [1.82, 2.24) is 9.80 Å². The van der Waals surface area contributed by atoms with E-state index in [4.69, 9.17) is 10.9 Å². The van der Waals surface area contributed by atoms with Gasteiger partial charge in [-0.1, -0.05) is 19.0 Å². The zero-order valence-electron chi connectivity index (χ0n) is 11.3. The van der Waals surface area contributed by atoms with Gasteiger partial charge in [-0.2, -0.15) is 0 Å². The van der Waals surface area contributed by atoms with E-state index in [2.05, 4.69) is 19.0 Å². The number of carbonyl (C=O) groups excluding carboxylic acids is 1. The highest BCUT2D eigenvalue weighted by molar-refractivity contribution is 5.81. The van der Waals surface area contributed by atoms with Crippen molar-refractivity contribution in [3.05, 3.63) is 0 Å². The molecule has 1 saturated heterocycles. The van der Waals surface area contributed by atoms with E-state index in [1.165, 1.54) is 0 Å². The standard InChI is InChI=1S/C12H24N4O2/c1-10(2)9-16(8-5-11(13)14-18)12(17)15-6-3-4-7-15/h10,18H,3-9H2,1-2H3,(H2,13,14). The molecule has 0 saturated carbocycles. The van der Waals surface area contributed by atoms with Crippen molar-refractivity contribution in [2.24, 2.45) is 16.8 Å². The van der Waals surface area contributed by atoms with Crippen LogP contribution in [0.15, 0.2) is 5.16 Å². The third-order valence-electron chi connectivity index (χ3n) is 3.00. The first kappa shape index (κ1) is 14.6. The summed E-state index contributed by atoms with van der Waals surface area (Å²) < 4.78 is 0. The molecule has 1 aliphatic rings. The van der Waals surface area contributed by atoms with E-state index in [1.807, 2.05) is 4.90 Å². The first-order chi connectivity index (χ1) is 8.54. The number of rotatable bonds is 5. The number of amides is 2. The molecule has 104 valence electrons. The molecule has 6 heteroatoms. The van der Waals surface area contributed by atoms with Gasteiger partial charge in [0.25, 0.3) is 0 Å². The lowest BCUT2D eigenvalue weighted by molar-refractivity contribution is 0.157. The molecule has 0 unspecified atom stereocenters. The van der Waals surface area contributed by atoms with Crippen LogP contribution in [0.5, 0.6) is 0 Å². The number of nitrogens with two attached hydrogens (primary N) is 1. The van der Waals surface area contributed by atoms with E-state index >= 15 is 0 Å². The maximum absolute atomic E-state index is 12.3. The number of hydrogen-bond donors (Lipinski definition) is 2. The zero-order valence-corrected chi connectivity index (χ0v) is 11.3. The van der Waals surface area contributed by atoms with E-state index in [1.54, 1.807) is 4.90 Å². The minimum absolute atomic E-state index is 0.0759. The van der Waals surface area contributed by atoms with Gasteiger partial charge < -0.3 is 20.7 Å². The summed E-state index contributed by atoms with van der Waals surface area (Å²) in [5, 5.41) is 11.5. The molecule has 6 nitrogen and oxygen atoms in total. The quantitative estimate of drug-likeness (QED) is 0.336. The van der Waals surface area contributed by atoms with Crippen molar-refractivity contribution in [3.8, 4) is 0 Å². The van der Waals surface area contributed by atoms with Crippen molar-refractivity contribution in [1.29, 1.82) is 0 Å². The summed E-state index contributed by atoms with van der Waals surface area (Å²) in [4.78, 5) is 16.0. The third kappa shape index (κ3) is 4.43. The second kappa shape index (κ2) is 7.08. The van der Waals surface area contributed by atoms with Crippen LogP contribution >= 0.6 is 0 Å². The fourth-order valence-corrected chi connectivity index (χ4v) is 2.11. The first-order valence-corrected chi connectivity index (χ1v) is 6.55. The van der Waals surface area contributed by atoms with Crippen molar-refractivity contribution in [3.63, 3.8) is 0 Å². The monoisotopic (exact) mass is 256 g/mol. The Labute approximate surface area is 108 Å². The van der Waals surface area contributed by atoms with Crippen LogP contribution in [0.25, 0.3) is 0 Å². The van der Waals surface area contributed by atoms with Gasteiger partial charge in [0, 0.05) is 32.6 Å². The Hall–Kier alpha value is -1.46. The summed E-state index contributed by atoms with van der Waals surface area (Å²) in [5.41, 5.74) is 5.45. The van der Waals surface area contributed by atoms with Crippen LogP contribution in [0.2, 0.25) is 0 Å². The molecule has 0 atom stereocenters. The average molecular weight is 256 g/mol. The SMILES string of the molecule is CC(C)CN(CCC(N)=NO)C(=O)N1CCCC1. The Bertz CT molecular complexity index is 298. The Morgan fingerprint density at radius 1 is 1.44 bits per heavy atom. The fourth-order valence-electron chi connectivity index (χ4n) is 2.11. The van der Waals surface area contributed by atoms with Crippen LogP contribution in [0.3, 0.4) is 0 Å². The molecule has 0 spiro atoms. The molecule has 3 N–H and O–H groups in total. The van der Waals surface area contributed by atoms with Gasteiger partial charge in [-0.3, -0.25) is 0 Å². The molecule has 0 aromatic heterocycles. The molecule has 0 aromatic rings. The highest BCUT2D eigenvalue weighted by atomic mass is 16.4. The Morgan fingerprint density at radius 2 is 2.06 bits per heavy atom. The van der Waals surface area contributed by atoms with Crippen LogP contribution in [-0.4, -0.2) is 53.1 Å². The minimum Gasteiger partial charge on any atom is -0.409 e. The van der Waals surface area contributed by atoms with Gasteiger partial charge in [-0.25, -0.2) is 4.79 Å². The maximum Gasteiger partial charge on any atom is 0.320 e. The molecule has 1 fully saturated rings. The lowest BCUT2D eigenvalue weighted by Gasteiger charge is -2.29. The molecule has 0 bridgehead atoms. The molecule has 1 heterocycles. The summed E-state index contributed by atoms with van der Waals surface area (Å²) in [6.45, 7) is 7.05. The number of likely N-dealkylation sites (tertiary alicyclic amines) is 1. The van der Waals surface area contributed by atoms with Gasteiger partial charge in [0.05, 0.1) is 0 Å². The van der Waals surface area contributed by atoms with Gasteiger partial charge in [0.1, 0.15) is 5.84 Å². The van der Waals surface area contributed by atoms with E-state index in [0.29, 0.717) is 25.4 Å². The van der Waals surface area contributed by atoms with Gasteiger partial charge >= 0.3 is 6.03 Å². The van der Waals surface area contributed by atoms with Gasteiger partial charge in [0.15, 0.2) is 0 Å². The minimum atomic E-state index is 0.0759. The van der Waals surface area contributed by atoms with Gasteiger partial charge in [-0.05, 0) is 18.8 Å². The molecule has 1 aliphatic heterocycles. The van der Waals surface area contributed by atoms with Crippen LogP contribution in [0, 0.1) is 5.92 Å². The Morgan fingerprint density at radius 3 is 2.56 bits per heavy atom. The second-order valence-electron chi connectivity index (χ2n) is 5.16. The number of carbonyl (C=O) groups is 1. The van der Waals surface area contributed by atoms with Crippen LogP contribution < -0.4 is 5.73 Å². The van der Waals surface area contributed by atoms with Crippen LogP contribution in [0.4, 0.5) is 4.79 Å². The molecule has 0 aromatic carbocycles. The highest BCUT2D eigenvalue weighted by Crippen LogP contribution is 2.12. The summed E-state index contributed by atoms with van der Waals surface area (Å²) in [7, 11) is 0. The lowest BCUT2D eigenvalue weighted by atomic mass is 10.2. The number of urea groups is 1. The van der Waals surface area contributed by atoms with Crippen LogP contribution in [0.1, 0.15) is 33.1 Å². The lowest BCUT2D eigenvalue weighted by Crippen LogP contribution is -2.44. The summed E-state index contributed by atoms with van der Waals surface area (Å²) in [6.07, 6.45) is 2.58. The van der Waals surface area contributed by atoms with Gasteiger partial charge in [-0.15, -0.1) is 0 Å². The normalized spacial score (nSPS) is 16.4. The fraction of sp³-hybridized carbons (Fsp3) is 0.833. The number of nitrogens with zero attached hydrogens (tertiary/aromatic N) is 3. The predicted octanol–water partition coefficient (Wildman–Crippen LogP) is 1.30. The number of oxime groups is 1. The second-order valence-corrected chi connectivity index (χ2v) is 5.16. The van der Waals surface area contributed by atoms with Crippen molar-refractivity contribution >= 4 is 11.9 Å². The average Bonchev–Trinajstić information content (AvgIpc) is 2.86. The molecular formula is C12H24N4O2. The molecule has 18 heavy (non-hydrogen) atoms. The van der Waals surface area contributed by atoms with Gasteiger partial charge in [0.2, 0.25) is 0 Å². The number of amidine groups is 1. The molecule has 1 rings (SSSR count). The first-order valence-electron chi connectivity index (χ1n) is 6.55. The Balaban J connectivity index is 2.55.